The molecule has 9 heteroatoms. The molecule has 0 saturated heterocycles. The van der Waals surface area contributed by atoms with Crippen LogP contribution >= 0.6 is 23.2 Å². The monoisotopic (exact) mass is 481 g/mol. The van der Waals surface area contributed by atoms with Crippen LogP contribution in [0.25, 0.3) is 0 Å². The fraction of sp³-hybridized carbons (Fsp3) is 0.0417. The minimum atomic E-state index is -0.649. The number of imide groups is 1. The molecule has 0 radical (unpaired) electrons. The van der Waals surface area contributed by atoms with Gasteiger partial charge in [-0.2, -0.15) is 0 Å². The number of nitrogens with zero attached hydrogens (tertiary/aromatic N) is 1. The summed E-state index contributed by atoms with van der Waals surface area (Å²) in [4.78, 5) is 39.2. The minimum absolute atomic E-state index is 0.0788. The number of methoxy groups -OCH3 is 1. The lowest BCUT2D eigenvalue weighted by Crippen LogP contribution is -2.32. The molecule has 0 spiro atoms. The summed E-state index contributed by atoms with van der Waals surface area (Å²) in [6.07, 6.45) is 0. The number of ether oxygens (including phenoxy) is 1. The molecule has 33 heavy (non-hydrogen) atoms. The Bertz CT molecular complexity index is 1290. The molecular formula is C24H17Cl2N3O4. The summed E-state index contributed by atoms with van der Waals surface area (Å²) < 4.78 is 5.10. The number of hydrogen-bond donors (Lipinski definition) is 2. The van der Waals surface area contributed by atoms with Gasteiger partial charge in [-0.1, -0.05) is 35.3 Å². The molecular weight excluding hydrogens is 465 g/mol. The fourth-order valence-corrected chi connectivity index (χ4v) is 3.63. The number of halogens is 2. The number of rotatable bonds is 6. The van der Waals surface area contributed by atoms with Crippen molar-refractivity contribution in [2.45, 2.75) is 0 Å². The van der Waals surface area contributed by atoms with Crippen molar-refractivity contribution in [3.8, 4) is 5.75 Å². The molecule has 0 fully saturated rings. The molecule has 2 N–H and O–H groups in total. The van der Waals surface area contributed by atoms with E-state index in [2.05, 4.69) is 10.6 Å². The van der Waals surface area contributed by atoms with Gasteiger partial charge in [-0.05, 0) is 60.7 Å². The van der Waals surface area contributed by atoms with Crippen LogP contribution in [0, 0.1) is 0 Å². The zero-order valence-corrected chi connectivity index (χ0v) is 18.8. The van der Waals surface area contributed by atoms with Gasteiger partial charge in [0.2, 0.25) is 0 Å². The molecule has 4 rings (SSSR count). The third-order valence-corrected chi connectivity index (χ3v) is 5.42. The van der Waals surface area contributed by atoms with Crippen LogP contribution < -0.4 is 20.3 Å². The summed E-state index contributed by atoms with van der Waals surface area (Å²) in [5.41, 5.74) is 1.57. The Morgan fingerprint density at radius 1 is 0.879 bits per heavy atom. The van der Waals surface area contributed by atoms with Crippen molar-refractivity contribution in [3.05, 3.63) is 94.1 Å². The molecule has 3 aromatic carbocycles. The van der Waals surface area contributed by atoms with Gasteiger partial charge in [0, 0.05) is 22.0 Å². The van der Waals surface area contributed by atoms with E-state index in [1.165, 1.54) is 7.11 Å². The van der Waals surface area contributed by atoms with E-state index in [9.17, 15) is 14.4 Å². The second-order valence-electron chi connectivity index (χ2n) is 7.00. The zero-order chi connectivity index (χ0) is 23.5. The summed E-state index contributed by atoms with van der Waals surface area (Å²) in [5, 5.41) is 5.88. The first-order chi connectivity index (χ1) is 15.9. The number of benzene rings is 3. The molecule has 7 nitrogen and oxygen atoms in total. The molecule has 166 valence electrons. The Hall–Kier alpha value is -3.81. The highest BCUT2D eigenvalue weighted by molar-refractivity contribution is 6.53. The molecule has 1 aliphatic heterocycles. The molecule has 3 aromatic rings. The Kier molecular flexibility index (Phi) is 6.35. The molecule has 0 atom stereocenters. The molecule has 1 aliphatic rings. The Labute approximate surface area is 199 Å². The molecule has 0 aromatic heterocycles. The first-order valence-corrected chi connectivity index (χ1v) is 10.5. The van der Waals surface area contributed by atoms with Gasteiger partial charge in [0.1, 0.15) is 16.5 Å². The highest BCUT2D eigenvalue weighted by Gasteiger charge is 2.39. The summed E-state index contributed by atoms with van der Waals surface area (Å²) in [6, 6.07) is 19.7. The normalized spacial score (nSPS) is 13.4. The van der Waals surface area contributed by atoms with Crippen molar-refractivity contribution in [2.24, 2.45) is 0 Å². The molecule has 0 bridgehead atoms. The predicted octanol–water partition coefficient (Wildman–Crippen LogP) is 5.04. The fourth-order valence-electron chi connectivity index (χ4n) is 3.23. The summed E-state index contributed by atoms with van der Waals surface area (Å²) in [6.45, 7) is 0. The van der Waals surface area contributed by atoms with E-state index in [4.69, 9.17) is 27.9 Å². The van der Waals surface area contributed by atoms with Crippen molar-refractivity contribution in [1.82, 2.24) is 0 Å². The summed E-state index contributed by atoms with van der Waals surface area (Å²) in [5.74, 6) is -1.04. The van der Waals surface area contributed by atoms with Gasteiger partial charge in [0.05, 0.1) is 12.8 Å². The van der Waals surface area contributed by atoms with E-state index in [-0.39, 0.29) is 16.6 Å². The Balaban J connectivity index is 1.53. The first kappa shape index (κ1) is 22.4. The van der Waals surface area contributed by atoms with Gasteiger partial charge < -0.3 is 15.4 Å². The van der Waals surface area contributed by atoms with E-state index in [0.29, 0.717) is 33.4 Å². The number of anilines is 3. The highest BCUT2D eigenvalue weighted by atomic mass is 35.5. The number of carbonyl (C=O) groups excluding carboxylic acids is 3. The Morgan fingerprint density at radius 3 is 2.27 bits per heavy atom. The van der Waals surface area contributed by atoms with Crippen LogP contribution in [0.15, 0.2) is 83.5 Å². The quantitative estimate of drug-likeness (QED) is 0.481. The molecule has 0 saturated carbocycles. The third kappa shape index (κ3) is 4.69. The van der Waals surface area contributed by atoms with E-state index in [1.54, 1.807) is 72.8 Å². The highest BCUT2D eigenvalue weighted by Crippen LogP contribution is 2.31. The van der Waals surface area contributed by atoms with Crippen molar-refractivity contribution >= 4 is 58.0 Å². The van der Waals surface area contributed by atoms with Crippen LogP contribution in [0.2, 0.25) is 5.02 Å². The molecule has 1 heterocycles. The number of nitrogens with one attached hydrogen (secondary N) is 2. The lowest BCUT2D eigenvalue weighted by atomic mass is 10.1. The molecule has 0 unspecified atom stereocenters. The summed E-state index contributed by atoms with van der Waals surface area (Å²) in [7, 11) is 1.52. The zero-order valence-electron chi connectivity index (χ0n) is 17.3. The topological polar surface area (TPSA) is 87.7 Å². The van der Waals surface area contributed by atoms with Crippen LogP contribution in [0.5, 0.6) is 5.75 Å². The second kappa shape index (κ2) is 9.36. The van der Waals surface area contributed by atoms with E-state index < -0.39 is 11.8 Å². The number of carbonyl (C=O) groups is 3. The molecule has 0 aliphatic carbocycles. The van der Waals surface area contributed by atoms with Crippen molar-refractivity contribution < 1.29 is 19.1 Å². The molecule has 3 amide bonds. The lowest BCUT2D eigenvalue weighted by molar-refractivity contribution is -0.120. The third-order valence-electron chi connectivity index (χ3n) is 4.83. The van der Waals surface area contributed by atoms with Crippen LogP contribution in [-0.2, 0) is 9.59 Å². The maximum Gasteiger partial charge on any atom is 0.283 e. The maximum absolute atomic E-state index is 13.0. The predicted molar refractivity (Wildman–Crippen MR) is 128 cm³/mol. The largest absolute Gasteiger partial charge is 0.497 e. The van der Waals surface area contributed by atoms with Crippen molar-refractivity contribution in [2.75, 3.05) is 22.6 Å². The van der Waals surface area contributed by atoms with Gasteiger partial charge >= 0.3 is 0 Å². The maximum atomic E-state index is 13.0. The Morgan fingerprint density at radius 2 is 1.58 bits per heavy atom. The minimum Gasteiger partial charge on any atom is -0.497 e. The smallest absolute Gasteiger partial charge is 0.283 e. The van der Waals surface area contributed by atoms with Gasteiger partial charge in [0.25, 0.3) is 17.7 Å². The van der Waals surface area contributed by atoms with Crippen LogP contribution in [0.1, 0.15) is 10.4 Å². The average molecular weight is 482 g/mol. The lowest BCUT2D eigenvalue weighted by Gasteiger charge is -2.15. The van der Waals surface area contributed by atoms with E-state index in [1.807, 2.05) is 0 Å². The SMILES string of the molecule is COc1ccc(N2C(=O)C(Cl)=C(Nc3cccc(C(=O)Nc4cccc(Cl)c4)c3)C2=O)cc1. The number of amides is 3. The van der Waals surface area contributed by atoms with Gasteiger partial charge in [0.15, 0.2) is 0 Å². The van der Waals surface area contributed by atoms with Crippen LogP contribution in [0.3, 0.4) is 0 Å². The van der Waals surface area contributed by atoms with Crippen LogP contribution in [-0.4, -0.2) is 24.8 Å². The van der Waals surface area contributed by atoms with Crippen LogP contribution in [0.4, 0.5) is 17.1 Å². The number of hydrogen-bond acceptors (Lipinski definition) is 5. The van der Waals surface area contributed by atoms with Crippen molar-refractivity contribution in [1.29, 1.82) is 0 Å². The van der Waals surface area contributed by atoms with Crippen molar-refractivity contribution in [3.63, 3.8) is 0 Å². The second-order valence-corrected chi connectivity index (χ2v) is 7.82. The standard InChI is InChI=1S/C24H17Cl2N3O4/c1-33-19-10-8-18(9-11-19)29-23(31)20(26)21(24(29)32)27-16-6-2-4-14(12-16)22(30)28-17-7-3-5-15(25)13-17/h2-13,27H,1H3,(H,28,30). The first-order valence-electron chi connectivity index (χ1n) is 9.74. The van der Waals surface area contributed by atoms with Gasteiger partial charge in [-0.15, -0.1) is 0 Å². The average Bonchev–Trinajstić information content (AvgIpc) is 3.02. The summed E-state index contributed by atoms with van der Waals surface area (Å²) >= 11 is 12.1. The van der Waals surface area contributed by atoms with E-state index >= 15 is 0 Å². The van der Waals surface area contributed by atoms with Gasteiger partial charge in [-0.25, -0.2) is 4.90 Å². The van der Waals surface area contributed by atoms with Gasteiger partial charge in [-0.3, -0.25) is 14.4 Å². The van der Waals surface area contributed by atoms with E-state index in [0.717, 1.165) is 4.90 Å².